The van der Waals surface area contributed by atoms with E-state index < -0.39 is 0 Å². The van der Waals surface area contributed by atoms with Crippen molar-refractivity contribution in [2.45, 2.75) is 78.7 Å². The van der Waals surface area contributed by atoms with Crippen LogP contribution in [-0.2, 0) is 6.61 Å². The van der Waals surface area contributed by atoms with Crippen molar-refractivity contribution < 1.29 is 14.6 Å². The number of aliphatic hydroxyl groups is 1. The van der Waals surface area contributed by atoms with Gasteiger partial charge in [0.15, 0.2) is 0 Å². The smallest absolute Gasteiger partial charge is 0.119 e. The third-order valence-corrected chi connectivity index (χ3v) is 13.9. The molecular formula is C56H57NO3S2. The van der Waals surface area contributed by atoms with Gasteiger partial charge in [0.2, 0.25) is 0 Å². The van der Waals surface area contributed by atoms with Crippen molar-refractivity contribution in [1.29, 1.82) is 0 Å². The van der Waals surface area contributed by atoms with Crippen molar-refractivity contribution in [3.63, 3.8) is 0 Å². The highest BCUT2D eigenvalue weighted by Gasteiger charge is 2.16. The molecule has 1 N–H and O–H groups in total. The zero-order valence-electron chi connectivity index (χ0n) is 36.2. The minimum Gasteiger partial charge on any atom is -0.494 e. The summed E-state index contributed by atoms with van der Waals surface area (Å²) in [7, 11) is 0. The number of anilines is 3. The van der Waals surface area contributed by atoms with Gasteiger partial charge in [-0.25, -0.2) is 0 Å². The van der Waals surface area contributed by atoms with Gasteiger partial charge in [0.25, 0.3) is 0 Å². The minimum absolute atomic E-state index is 0.0782. The molecule has 0 aliphatic heterocycles. The summed E-state index contributed by atoms with van der Waals surface area (Å²) in [6.07, 6.45) is 9.60. The normalized spacial score (nSPS) is 11.3. The number of fused-ring (bicyclic) bond motifs is 1. The van der Waals surface area contributed by atoms with Gasteiger partial charge in [-0.05, 0) is 143 Å². The molecule has 0 saturated carbocycles. The molecule has 0 spiro atoms. The summed E-state index contributed by atoms with van der Waals surface area (Å²) in [6, 6.07) is 54.7. The van der Waals surface area contributed by atoms with Gasteiger partial charge in [-0.3, -0.25) is 0 Å². The summed E-state index contributed by atoms with van der Waals surface area (Å²) >= 11 is 3.50. The van der Waals surface area contributed by atoms with Crippen molar-refractivity contribution in [2.75, 3.05) is 18.1 Å². The first kappa shape index (κ1) is 43.0. The second-order valence-electron chi connectivity index (χ2n) is 16.1. The highest BCUT2D eigenvalue weighted by atomic mass is 32.1. The molecule has 0 radical (unpaired) electrons. The first-order valence-corrected chi connectivity index (χ1v) is 23.9. The molecule has 0 aliphatic rings. The number of benzene rings is 6. The molecule has 2 heterocycles. The minimum atomic E-state index is 0.0782. The van der Waals surface area contributed by atoms with Gasteiger partial charge in [0.05, 0.1) is 19.8 Å². The second kappa shape index (κ2) is 20.9. The Hall–Kier alpha value is -5.66. The fourth-order valence-electron chi connectivity index (χ4n) is 7.97. The van der Waals surface area contributed by atoms with Gasteiger partial charge in [-0.15, -0.1) is 22.7 Å². The van der Waals surface area contributed by atoms with Gasteiger partial charge in [-0.2, -0.15) is 0 Å². The molecular weight excluding hydrogens is 799 g/mol. The molecule has 0 aliphatic carbocycles. The highest BCUT2D eigenvalue weighted by Crippen LogP contribution is 2.42. The predicted octanol–water partition coefficient (Wildman–Crippen LogP) is 16.8. The molecule has 0 saturated heterocycles. The molecule has 0 fully saturated rings. The fraction of sp³-hybridized carbons (Fsp3) is 0.250. The highest BCUT2D eigenvalue weighted by molar-refractivity contribution is 7.20. The molecule has 8 rings (SSSR count). The Bertz CT molecular complexity index is 2520. The van der Waals surface area contributed by atoms with E-state index in [0.717, 1.165) is 59.5 Å². The first-order chi connectivity index (χ1) is 30.5. The standard InChI is InChI=1S/C56H57NO3S2/c1-4-6-8-10-34-59-51-30-20-43(21-31-51)41-14-24-48(25-15-41)57(49-26-16-42(17-27-49)44-22-32-52(33-23-44)60-35-11-9-7-5-2)50-28-18-45(19-29-50)54-36-40(3)56(62-54)47-13-12-46-37-53(39-58)61-55(46)38-47/h12-33,36-38,58H,4-11,34-35,39H2,1-3H3. The molecule has 4 nitrogen and oxygen atoms in total. The maximum absolute atomic E-state index is 9.68. The predicted molar refractivity (Wildman–Crippen MR) is 266 cm³/mol. The first-order valence-electron chi connectivity index (χ1n) is 22.3. The van der Waals surface area contributed by atoms with Crippen LogP contribution in [0.15, 0.2) is 152 Å². The Morgan fingerprint density at radius 3 is 1.39 bits per heavy atom. The van der Waals surface area contributed by atoms with Gasteiger partial charge in [0, 0.05) is 36.4 Å². The lowest BCUT2D eigenvalue weighted by molar-refractivity contribution is 0.285. The van der Waals surface area contributed by atoms with Crippen LogP contribution in [0.4, 0.5) is 17.1 Å². The molecule has 0 atom stereocenters. The second-order valence-corrected chi connectivity index (χ2v) is 18.3. The number of nitrogens with zero attached hydrogens (tertiary/aromatic N) is 1. The van der Waals surface area contributed by atoms with E-state index in [-0.39, 0.29) is 6.61 Å². The van der Waals surface area contributed by atoms with E-state index in [1.807, 2.05) is 11.3 Å². The molecule has 62 heavy (non-hydrogen) atoms. The Labute approximate surface area is 376 Å². The summed E-state index contributed by atoms with van der Waals surface area (Å²) in [5.74, 6) is 1.85. The van der Waals surface area contributed by atoms with Crippen LogP contribution in [0.5, 0.6) is 11.5 Å². The van der Waals surface area contributed by atoms with Crippen LogP contribution in [0.3, 0.4) is 0 Å². The number of aliphatic hydroxyl groups excluding tert-OH is 1. The third-order valence-electron chi connectivity index (χ3n) is 11.5. The molecule has 316 valence electrons. The Morgan fingerprint density at radius 1 is 0.468 bits per heavy atom. The number of thiophene rings is 2. The van der Waals surface area contributed by atoms with Gasteiger partial charge < -0.3 is 19.5 Å². The maximum Gasteiger partial charge on any atom is 0.119 e. The van der Waals surface area contributed by atoms with Gasteiger partial charge >= 0.3 is 0 Å². The van der Waals surface area contributed by atoms with Crippen molar-refractivity contribution in [3.05, 3.63) is 162 Å². The summed E-state index contributed by atoms with van der Waals surface area (Å²) in [6.45, 7) is 8.27. The SMILES string of the molecule is CCCCCCOc1ccc(-c2ccc(N(c3ccc(-c4ccc(OCCCCCC)cc4)cc3)c3ccc(-c4cc(C)c(-c5ccc6cc(CO)sc6c5)s4)cc3)cc2)cc1. The zero-order chi connectivity index (χ0) is 42.7. The van der Waals surface area contributed by atoms with E-state index in [2.05, 4.69) is 177 Å². The molecule has 6 aromatic carbocycles. The quantitative estimate of drug-likeness (QED) is 0.0776. The third kappa shape index (κ3) is 10.5. The topological polar surface area (TPSA) is 41.9 Å². The Kier molecular flexibility index (Phi) is 14.5. The largest absolute Gasteiger partial charge is 0.494 e. The van der Waals surface area contributed by atoms with Crippen LogP contribution in [0.2, 0.25) is 0 Å². The maximum atomic E-state index is 9.68. The van der Waals surface area contributed by atoms with Crippen LogP contribution in [-0.4, -0.2) is 18.3 Å². The van der Waals surface area contributed by atoms with Crippen molar-refractivity contribution in [3.8, 4) is 54.6 Å². The molecule has 0 amide bonds. The van der Waals surface area contributed by atoms with Crippen LogP contribution in [0.25, 0.3) is 53.2 Å². The number of unbranched alkanes of at least 4 members (excludes halogenated alkanes) is 6. The van der Waals surface area contributed by atoms with E-state index in [9.17, 15) is 5.11 Å². The average molecular weight is 856 g/mol. The van der Waals surface area contributed by atoms with Crippen molar-refractivity contribution >= 4 is 49.8 Å². The van der Waals surface area contributed by atoms with E-state index in [4.69, 9.17) is 9.47 Å². The van der Waals surface area contributed by atoms with Gasteiger partial charge in [0.1, 0.15) is 11.5 Å². The number of hydrogen-bond acceptors (Lipinski definition) is 6. The van der Waals surface area contributed by atoms with Crippen LogP contribution in [0, 0.1) is 6.92 Å². The van der Waals surface area contributed by atoms with Crippen molar-refractivity contribution in [2.24, 2.45) is 0 Å². The number of ether oxygens (including phenoxy) is 2. The van der Waals surface area contributed by atoms with Crippen molar-refractivity contribution in [1.82, 2.24) is 0 Å². The number of rotatable bonds is 20. The molecule has 0 bridgehead atoms. The molecule has 0 unspecified atom stereocenters. The zero-order valence-corrected chi connectivity index (χ0v) is 37.9. The summed E-state index contributed by atoms with van der Waals surface area (Å²) in [5, 5.41) is 10.9. The number of aryl methyl sites for hydroxylation is 1. The van der Waals surface area contributed by atoms with Crippen LogP contribution in [0.1, 0.15) is 75.7 Å². The monoisotopic (exact) mass is 855 g/mol. The van der Waals surface area contributed by atoms with Crippen LogP contribution >= 0.6 is 22.7 Å². The molecule has 8 aromatic rings. The van der Waals surface area contributed by atoms with Gasteiger partial charge in [-0.1, -0.05) is 125 Å². The average Bonchev–Trinajstić information content (AvgIpc) is 3.93. The fourth-order valence-corrected chi connectivity index (χ4v) is 10.1. The number of hydrogen-bond donors (Lipinski definition) is 1. The summed E-state index contributed by atoms with van der Waals surface area (Å²) < 4.78 is 13.3. The Morgan fingerprint density at radius 2 is 0.919 bits per heavy atom. The lowest BCUT2D eigenvalue weighted by Gasteiger charge is -2.26. The molecule has 6 heteroatoms. The summed E-state index contributed by atoms with van der Waals surface area (Å²) in [4.78, 5) is 5.85. The lowest BCUT2D eigenvalue weighted by Crippen LogP contribution is -2.09. The summed E-state index contributed by atoms with van der Waals surface area (Å²) in [5.41, 5.74) is 11.6. The van der Waals surface area contributed by atoms with Crippen LogP contribution < -0.4 is 14.4 Å². The van der Waals surface area contributed by atoms with E-state index in [1.54, 1.807) is 11.3 Å². The van der Waals surface area contributed by atoms with E-state index >= 15 is 0 Å². The van der Waals surface area contributed by atoms with E-state index in [0.29, 0.717) is 0 Å². The lowest BCUT2D eigenvalue weighted by atomic mass is 10.0. The Balaban J connectivity index is 1.04. The van der Waals surface area contributed by atoms with E-state index in [1.165, 1.54) is 97.3 Å². The molecule has 2 aromatic heterocycles.